The van der Waals surface area contributed by atoms with Crippen LogP contribution in [0, 0.1) is 0 Å². The van der Waals surface area contributed by atoms with Gasteiger partial charge in [0.1, 0.15) is 0 Å². The fourth-order valence-electron chi connectivity index (χ4n) is 4.18. The van der Waals surface area contributed by atoms with E-state index in [4.69, 9.17) is 16.6 Å². The number of halogens is 1. The molecule has 6 heteroatoms. The highest BCUT2D eigenvalue weighted by molar-refractivity contribution is 7.15. The zero-order valence-corrected chi connectivity index (χ0v) is 16.6. The van der Waals surface area contributed by atoms with E-state index in [2.05, 4.69) is 17.1 Å². The van der Waals surface area contributed by atoms with E-state index in [1.807, 2.05) is 24.3 Å². The number of likely N-dealkylation sites (N-methyl/N-ethyl adjacent to an activating group) is 1. The van der Waals surface area contributed by atoms with Crippen LogP contribution in [0.2, 0.25) is 5.02 Å². The molecule has 2 heterocycles. The van der Waals surface area contributed by atoms with Crippen molar-refractivity contribution >= 4 is 34.0 Å². The molecule has 26 heavy (non-hydrogen) atoms. The first-order valence-electron chi connectivity index (χ1n) is 9.39. The first kappa shape index (κ1) is 18.0. The second-order valence-corrected chi connectivity index (χ2v) is 8.78. The average Bonchev–Trinajstić information content (AvgIpc) is 3.28. The van der Waals surface area contributed by atoms with Crippen LogP contribution in [0.5, 0.6) is 0 Å². The summed E-state index contributed by atoms with van der Waals surface area (Å²) in [4.78, 5) is 21.7. The summed E-state index contributed by atoms with van der Waals surface area (Å²) < 4.78 is 0. The topological polar surface area (TPSA) is 45.2 Å². The monoisotopic (exact) mass is 389 g/mol. The molecule has 1 amide bonds. The zero-order chi connectivity index (χ0) is 18.1. The molecule has 1 aliphatic heterocycles. The van der Waals surface area contributed by atoms with E-state index in [0.29, 0.717) is 5.02 Å². The van der Waals surface area contributed by atoms with Crippen molar-refractivity contribution in [3.63, 3.8) is 0 Å². The number of carbonyl (C=O) groups excluding carboxylic acids is 1. The molecule has 0 saturated heterocycles. The Kier molecular flexibility index (Phi) is 5.04. The molecule has 1 fully saturated rings. The number of fused-ring (bicyclic) bond motifs is 1. The van der Waals surface area contributed by atoms with Gasteiger partial charge in [-0.25, -0.2) is 4.98 Å². The lowest BCUT2D eigenvalue weighted by Gasteiger charge is -2.27. The van der Waals surface area contributed by atoms with Gasteiger partial charge < -0.3 is 5.32 Å². The number of aromatic nitrogens is 1. The van der Waals surface area contributed by atoms with E-state index in [-0.39, 0.29) is 5.91 Å². The molecule has 0 radical (unpaired) electrons. The van der Waals surface area contributed by atoms with Crippen LogP contribution in [-0.4, -0.2) is 28.9 Å². The Morgan fingerprint density at radius 2 is 2.04 bits per heavy atom. The number of anilines is 1. The summed E-state index contributed by atoms with van der Waals surface area (Å²) in [5, 5.41) is 4.60. The first-order valence-corrected chi connectivity index (χ1v) is 10.6. The van der Waals surface area contributed by atoms with Gasteiger partial charge in [0, 0.05) is 29.4 Å². The minimum absolute atomic E-state index is 0.0794. The highest BCUT2D eigenvalue weighted by atomic mass is 35.5. The normalized spacial score (nSPS) is 19.3. The molecule has 0 atom stereocenters. The lowest BCUT2D eigenvalue weighted by Crippen LogP contribution is -2.37. The number of benzene rings is 1. The zero-order valence-electron chi connectivity index (χ0n) is 15.1. The van der Waals surface area contributed by atoms with Gasteiger partial charge in [-0.15, -0.1) is 11.3 Å². The van der Waals surface area contributed by atoms with Crippen LogP contribution < -0.4 is 5.32 Å². The van der Waals surface area contributed by atoms with Gasteiger partial charge in [0.2, 0.25) is 5.91 Å². The summed E-state index contributed by atoms with van der Waals surface area (Å²) in [7, 11) is 0. The molecule has 2 aromatic rings. The minimum atomic E-state index is -0.452. The minimum Gasteiger partial charge on any atom is -0.301 e. The van der Waals surface area contributed by atoms with Gasteiger partial charge in [-0.05, 0) is 37.1 Å². The molecule has 138 valence electrons. The lowest BCUT2D eigenvalue weighted by atomic mass is 9.78. The Bertz CT molecular complexity index is 796. The van der Waals surface area contributed by atoms with Crippen molar-refractivity contribution in [1.29, 1.82) is 0 Å². The maximum atomic E-state index is 13.3. The van der Waals surface area contributed by atoms with E-state index < -0.39 is 5.41 Å². The molecule has 0 bridgehead atoms. The molecule has 1 N–H and O–H groups in total. The van der Waals surface area contributed by atoms with Gasteiger partial charge in [-0.1, -0.05) is 43.5 Å². The predicted octanol–water partition coefficient (Wildman–Crippen LogP) is 4.63. The van der Waals surface area contributed by atoms with Crippen LogP contribution in [0.4, 0.5) is 5.13 Å². The molecule has 0 spiro atoms. The van der Waals surface area contributed by atoms with Crippen molar-refractivity contribution in [1.82, 2.24) is 9.88 Å². The van der Waals surface area contributed by atoms with E-state index in [0.717, 1.165) is 68.1 Å². The number of amides is 1. The van der Waals surface area contributed by atoms with E-state index >= 15 is 0 Å². The number of nitrogens with zero attached hydrogens (tertiary/aromatic N) is 2. The molecule has 4 rings (SSSR count). The summed E-state index contributed by atoms with van der Waals surface area (Å²) >= 11 is 7.67. The molecule has 0 unspecified atom stereocenters. The number of thiazole rings is 1. The summed E-state index contributed by atoms with van der Waals surface area (Å²) in [6.07, 6.45) is 4.90. The Hall–Kier alpha value is -1.43. The number of carbonyl (C=O) groups is 1. The summed E-state index contributed by atoms with van der Waals surface area (Å²) in [6.45, 7) is 5.24. The standard InChI is InChI=1S/C20H24ClN3OS/c1-2-24-12-9-16-17(13-24)26-19(22-16)23-18(25)20(10-3-4-11-20)14-5-7-15(21)8-6-14/h5-8H,2-4,9-13H2,1H3,(H,22,23,25). The third kappa shape index (κ3) is 3.28. The van der Waals surface area contributed by atoms with Gasteiger partial charge in [-0.3, -0.25) is 9.69 Å². The third-order valence-electron chi connectivity index (χ3n) is 5.77. The molecule has 1 aromatic heterocycles. The number of rotatable bonds is 4. The van der Waals surface area contributed by atoms with E-state index in [1.54, 1.807) is 11.3 Å². The van der Waals surface area contributed by atoms with Crippen molar-refractivity contribution in [2.75, 3.05) is 18.4 Å². The highest BCUT2D eigenvalue weighted by Gasteiger charge is 2.43. The Morgan fingerprint density at radius 3 is 2.73 bits per heavy atom. The Balaban J connectivity index is 1.56. The van der Waals surface area contributed by atoms with Crippen molar-refractivity contribution in [3.05, 3.63) is 45.4 Å². The summed E-state index contributed by atoms with van der Waals surface area (Å²) in [6, 6.07) is 7.76. The van der Waals surface area contributed by atoms with Crippen molar-refractivity contribution in [2.45, 2.75) is 51.0 Å². The van der Waals surface area contributed by atoms with E-state index in [1.165, 1.54) is 4.88 Å². The molecular weight excluding hydrogens is 366 g/mol. The molecule has 1 aromatic carbocycles. The summed E-state index contributed by atoms with van der Waals surface area (Å²) in [5.41, 5.74) is 1.77. The SMILES string of the molecule is CCN1CCc2nc(NC(=O)C3(c4ccc(Cl)cc4)CCCC3)sc2C1. The van der Waals surface area contributed by atoms with Crippen LogP contribution in [0.15, 0.2) is 24.3 Å². The first-order chi connectivity index (χ1) is 12.6. The van der Waals surface area contributed by atoms with Gasteiger partial charge in [0.15, 0.2) is 5.13 Å². The van der Waals surface area contributed by atoms with Crippen LogP contribution in [0.3, 0.4) is 0 Å². The van der Waals surface area contributed by atoms with Crippen LogP contribution >= 0.6 is 22.9 Å². The van der Waals surface area contributed by atoms with Crippen LogP contribution in [0.1, 0.15) is 48.7 Å². The van der Waals surface area contributed by atoms with Gasteiger partial charge in [-0.2, -0.15) is 0 Å². The molecule has 4 nitrogen and oxygen atoms in total. The second-order valence-electron chi connectivity index (χ2n) is 7.26. The molecule has 2 aliphatic rings. The van der Waals surface area contributed by atoms with Crippen molar-refractivity contribution in [3.8, 4) is 0 Å². The van der Waals surface area contributed by atoms with Crippen LogP contribution in [0.25, 0.3) is 0 Å². The quantitative estimate of drug-likeness (QED) is 0.829. The molecule has 1 saturated carbocycles. The molecular formula is C20H24ClN3OS. The Labute approximate surface area is 163 Å². The van der Waals surface area contributed by atoms with Crippen molar-refractivity contribution < 1.29 is 4.79 Å². The largest absolute Gasteiger partial charge is 0.301 e. The summed E-state index contributed by atoms with van der Waals surface area (Å²) in [5.74, 6) is 0.0794. The molecule has 1 aliphatic carbocycles. The maximum absolute atomic E-state index is 13.3. The van der Waals surface area contributed by atoms with Crippen LogP contribution in [-0.2, 0) is 23.2 Å². The second kappa shape index (κ2) is 7.29. The smallest absolute Gasteiger partial charge is 0.236 e. The fourth-order valence-corrected chi connectivity index (χ4v) is 5.35. The number of nitrogens with one attached hydrogen (secondary N) is 1. The Morgan fingerprint density at radius 1 is 1.31 bits per heavy atom. The average molecular weight is 390 g/mol. The number of hydrogen-bond donors (Lipinski definition) is 1. The third-order valence-corrected chi connectivity index (χ3v) is 7.02. The fraction of sp³-hybridized carbons (Fsp3) is 0.500. The van der Waals surface area contributed by atoms with Crippen molar-refractivity contribution in [2.24, 2.45) is 0 Å². The van der Waals surface area contributed by atoms with Gasteiger partial charge in [0.25, 0.3) is 0 Å². The van der Waals surface area contributed by atoms with Gasteiger partial charge >= 0.3 is 0 Å². The van der Waals surface area contributed by atoms with Gasteiger partial charge in [0.05, 0.1) is 11.1 Å². The lowest BCUT2D eigenvalue weighted by molar-refractivity contribution is -0.121. The number of hydrogen-bond acceptors (Lipinski definition) is 4. The maximum Gasteiger partial charge on any atom is 0.236 e. The predicted molar refractivity (Wildman–Crippen MR) is 107 cm³/mol. The highest BCUT2D eigenvalue weighted by Crippen LogP contribution is 2.42. The van der Waals surface area contributed by atoms with E-state index in [9.17, 15) is 4.79 Å².